The van der Waals surface area contributed by atoms with Crippen LogP contribution in [0.4, 0.5) is 27.6 Å². The molecule has 1 N–H and O–H groups in total. The zero-order valence-corrected chi connectivity index (χ0v) is 21.1. The van der Waals surface area contributed by atoms with Crippen LogP contribution in [-0.4, -0.2) is 65.3 Å². The van der Waals surface area contributed by atoms with Gasteiger partial charge in [-0.25, -0.2) is 8.78 Å². The molecule has 1 aromatic heterocycles. The van der Waals surface area contributed by atoms with Crippen LogP contribution >= 0.6 is 0 Å². The van der Waals surface area contributed by atoms with E-state index < -0.39 is 66.3 Å². The molecule has 4 aliphatic heterocycles. The quantitative estimate of drug-likeness (QED) is 0.446. The Morgan fingerprint density at radius 1 is 0.976 bits per heavy atom. The van der Waals surface area contributed by atoms with Gasteiger partial charge in [-0.3, -0.25) is 19.3 Å². The molecule has 3 atom stereocenters. The second kappa shape index (κ2) is 8.83. The Morgan fingerprint density at radius 2 is 1.78 bits per heavy atom. The number of carbonyl (C=O) groups excluding carboxylic acids is 1. The molecular formula is C27H21F5N4O5. The largest absolute Gasteiger partial charge is 0.502 e. The molecule has 3 unspecified atom stereocenters. The maximum absolute atomic E-state index is 15.6. The van der Waals surface area contributed by atoms with Crippen molar-refractivity contribution in [3.8, 4) is 11.5 Å². The molecule has 41 heavy (non-hydrogen) atoms. The zero-order valence-electron chi connectivity index (χ0n) is 21.1. The summed E-state index contributed by atoms with van der Waals surface area (Å²) < 4.78 is 85.6. The first-order chi connectivity index (χ1) is 19.6. The average Bonchev–Trinajstić information content (AvgIpc) is 3.09. The van der Waals surface area contributed by atoms with Crippen molar-refractivity contribution in [1.82, 2.24) is 9.58 Å². The lowest BCUT2D eigenvalue weighted by molar-refractivity contribution is -0.157. The maximum atomic E-state index is 15.6. The summed E-state index contributed by atoms with van der Waals surface area (Å²) in [7, 11) is 0. The first kappa shape index (κ1) is 25.6. The lowest BCUT2D eigenvalue weighted by atomic mass is 9.92. The van der Waals surface area contributed by atoms with Gasteiger partial charge < -0.3 is 24.4 Å². The number of carbonyl (C=O) groups is 1. The van der Waals surface area contributed by atoms with Gasteiger partial charge in [-0.1, -0.05) is 18.2 Å². The van der Waals surface area contributed by atoms with E-state index in [0.29, 0.717) is 0 Å². The van der Waals surface area contributed by atoms with Crippen LogP contribution in [0.3, 0.4) is 0 Å². The Balaban J connectivity index is 1.56. The van der Waals surface area contributed by atoms with Crippen LogP contribution in [0.25, 0.3) is 0 Å². The number of hydrogen-bond donors (Lipinski definition) is 1. The zero-order chi connectivity index (χ0) is 28.8. The van der Waals surface area contributed by atoms with Crippen molar-refractivity contribution in [2.75, 3.05) is 36.3 Å². The number of ether oxygens (including phenoxy) is 2. The van der Waals surface area contributed by atoms with Gasteiger partial charge in [0.05, 0.1) is 18.9 Å². The summed E-state index contributed by atoms with van der Waals surface area (Å²) in [4.78, 5) is 28.2. The van der Waals surface area contributed by atoms with E-state index in [1.807, 2.05) is 0 Å². The third-order valence-corrected chi connectivity index (χ3v) is 8.06. The fourth-order valence-electron chi connectivity index (χ4n) is 6.24. The standard InChI is InChI=1S/C27H21F5N4O5/c28-16-5-4-13-15(21(16)29)10-34-19(27(30,31)32)11-41-18-3-1-2-14(23(18)34)22(13)36-20-12-40-9-8-33(20)26(39)24-25(38)17(37)6-7-35(24)36/h1-7,19-20,22,38H,8-12H2. The SMILES string of the molecule is O=C1c2c(O)c(=O)ccn2N(C2c3ccc(F)c(F)c3CN3c4c(cccc42)OCC3C(F)(F)F)C2COCCN12. The molecule has 1 amide bonds. The Kier molecular flexibility index (Phi) is 5.52. The maximum Gasteiger partial charge on any atom is 0.412 e. The topological polar surface area (TPSA) is 87.5 Å². The molecular weight excluding hydrogens is 555 g/mol. The summed E-state index contributed by atoms with van der Waals surface area (Å²) in [5.74, 6) is -3.88. The van der Waals surface area contributed by atoms with Crippen molar-refractivity contribution in [2.24, 2.45) is 0 Å². The number of alkyl halides is 3. The number of para-hydroxylation sites is 1. The van der Waals surface area contributed by atoms with Crippen molar-refractivity contribution >= 4 is 11.6 Å². The molecule has 5 heterocycles. The predicted octanol–water partition coefficient (Wildman–Crippen LogP) is 3.02. The number of halogens is 5. The minimum absolute atomic E-state index is 0.0362. The van der Waals surface area contributed by atoms with Crippen LogP contribution in [0.1, 0.15) is 33.2 Å². The molecule has 2 aromatic carbocycles. The van der Waals surface area contributed by atoms with Gasteiger partial charge in [0, 0.05) is 36.5 Å². The van der Waals surface area contributed by atoms with Crippen molar-refractivity contribution in [3.05, 3.63) is 86.8 Å². The normalized spacial score (nSPS) is 23.2. The van der Waals surface area contributed by atoms with Gasteiger partial charge in [-0.05, 0) is 17.7 Å². The highest BCUT2D eigenvalue weighted by atomic mass is 19.4. The Bertz CT molecular complexity index is 1660. The van der Waals surface area contributed by atoms with Gasteiger partial charge in [0.1, 0.15) is 24.6 Å². The van der Waals surface area contributed by atoms with Crippen LogP contribution < -0.4 is 20.1 Å². The third kappa shape index (κ3) is 3.62. The van der Waals surface area contributed by atoms with E-state index in [1.54, 1.807) is 17.1 Å². The predicted molar refractivity (Wildman–Crippen MR) is 132 cm³/mol. The van der Waals surface area contributed by atoms with Gasteiger partial charge >= 0.3 is 6.18 Å². The van der Waals surface area contributed by atoms with Crippen LogP contribution in [-0.2, 0) is 11.3 Å². The number of amides is 1. The summed E-state index contributed by atoms with van der Waals surface area (Å²) in [6.45, 7) is -1.18. The van der Waals surface area contributed by atoms with Gasteiger partial charge in [0.25, 0.3) is 5.91 Å². The molecule has 7 rings (SSSR count). The highest BCUT2D eigenvalue weighted by Crippen LogP contribution is 2.50. The van der Waals surface area contributed by atoms with Crippen molar-refractivity contribution < 1.29 is 41.3 Å². The molecule has 214 valence electrons. The molecule has 0 aliphatic carbocycles. The summed E-state index contributed by atoms with van der Waals surface area (Å²) in [5.41, 5.74) is -1.05. The van der Waals surface area contributed by atoms with E-state index in [1.165, 1.54) is 27.9 Å². The van der Waals surface area contributed by atoms with E-state index in [2.05, 4.69) is 0 Å². The summed E-state index contributed by atoms with van der Waals surface area (Å²) in [6, 6.07) is 4.56. The second-order valence-electron chi connectivity index (χ2n) is 10.2. The molecule has 9 nitrogen and oxygen atoms in total. The molecule has 1 saturated heterocycles. The van der Waals surface area contributed by atoms with Crippen LogP contribution in [0.5, 0.6) is 11.5 Å². The van der Waals surface area contributed by atoms with E-state index in [4.69, 9.17) is 9.47 Å². The number of rotatable bonds is 1. The number of aromatic hydroxyl groups is 1. The highest BCUT2D eigenvalue weighted by molar-refractivity contribution is 5.96. The molecule has 1 fully saturated rings. The molecule has 0 spiro atoms. The number of morpholine rings is 1. The van der Waals surface area contributed by atoms with E-state index >= 15 is 4.39 Å². The first-order valence-corrected chi connectivity index (χ1v) is 12.8. The summed E-state index contributed by atoms with van der Waals surface area (Å²) in [6.07, 6.45) is -4.40. The van der Waals surface area contributed by atoms with Gasteiger partial charge in [-0.15, -0.1) is 0 Å². The van der Waals surface area contributed by atoms with Gasteiger partial charge in [0.2, 0.25) is 5.43 Å². The molecule has 0 bridgehead atoms. The molecule has 0 saturated carbocycles. The van der Waals surface area contributed by atoms with E-state index in [0.717, 1.165) is 17.0 Å². The first-order valence-electron chi connectivity index (χ1n) is 12.8. The number of aromatic nitrogens is 1. The highest BCUT2D eigenvalue weighted by Gasteiger charge is 2.52. The van der Waals surface area contributed by atoms with Gasteiger partial charge in [0.15, 0.2) is 29.1 Å². The third-order valence-electron chi connectivity index (χ3n) is 8.06. The Hall–Kier alpha value is -4.33. The molecule has 14 heteroatoms. The second-order valence-corrected chi connectivity index (χ2v) is 10.2. The van der Waals surface area contributed by atoms with Crippen LogP contribution in [0.15, 0.2) is 47.4 Å². The van der Waals surface area contributed by atoms with Gasteiger partial charge in [-0.2, -0.15) is 13.2 Å². The van der Waals surface area contributed by atoms with E-state index in [-0.39, 0.29) is 53.6 Å². The number of anilines is 1. The monoisotopic (exact) mass is 576 g/mol. The summed E-state index contributed by atoms with van der Waals surface area (Å²) in [5, 5.41) is 12.2. The minimum atomic E-state index is -4.77. The lowest BCUT2D eigenvalue weighted by Crippen LogP contribution is -2.66. The van der Waals surface area contributed by atoms with E-state index in [9.17, 15) is 32.3 Å². The molecule has 0 radical (unpaired) electrons. The summed E-state index contributed by atoms with van der Waals surface area (Å²) >= 11 is 0. The average molecular weight is 576 g/mol. The number of hydrogen-bond acceptors (Lipinski definition) is 7. The number of fused-ring (bicyclic) bond motifs is 3. The fraction of sp³-hybridized carbons (Fsp3) is 0.333. The molecule has 4 aliphatic rings. The fourth-order valence-corrected chi connectivity index (χ4v) is 6.24. The minimum Gasteiger partial charge on any atom is -0.502 e. The number of benzene rings is 2. The van der Waals surface area contributed by atoms with Crippen LogP contribution in [0, 0.1) is 11.6 Å². The smallest absolute Gasteiger partial charge is 0.412 e. The van der Waals surface area contributed by atoms with Crippen molar-refractivity contribution in [3.63, 3.8) is 0 Å². The van der Waals surface area contributed by atoms with Crippen molar-refractivity contribution in [2.45, 2.75) is 31.0 Å². The Labute approximate surface area is 228 Å². The van der Waals surface area contributed by atoms with Crippen LogP contribution in [0.2, 0.25) is 0 Å². The molecule has 3 aromatic rings. The Morgan fingerprint density at radius 3 is 2.56 bits per heavy atom. The van der Waals surface area contributed by atoms with Crippen molar-refractivity contribution in [1.29, 1.82) is 0 Å². The number of pyridine rings is 1. The number of nitrogens with zero attached hydrogens (tertiary/aromatic N) is 4. The lowest BCUT2D eigenvalue weighted by Gasteiger charge is -2.51.